The average molecular weight is 331 g/mol. The van der Waals surface area contributed by atoms with E-state index in [9.17, 15) is 4.79 Å². The van der Waals surface area contributed by atoms with Crippen molar-refractivity contribution in [1.82, 2.24) is 0 Å². The third-order valence-corrected chi connectivity index (χ3v) is 4.39. The maximum atomic E-state index is 12.7. The van der Waals surface area contributed by atoms with Gasteiger partial charge < -0.3 is 0 Å². The molecule has 2 heteroatoms. The van der Waals surface area contributed by atoms with Crippen molar-refractivity contribution in [2.24, 2.45) is 0 Å². The van der Waals surface area contributed by atoms with E-state index in [-0.39, 0.29) is 5.78 Å². The molecule has 0 radical (unpaired) electrons. The molecule has 2 rings (SSSR count). The van der Waals surface area contributed by atoms with Crippen molar-refractivity contribution < 1.29 is 4.79 Å². The van der Waals surface area contributed by atoms with Crippen molar-refractivity contribution in [3.05, 3.63) is 68.2 Å². The van der Waals surface area contributed by atoms with Crippen LogP contribution in [0, 0.1) is 27.7 Å². The maximum Gasteiger partial charge on any atom is 0.167 e. The van der Waals surface area contributed by atoms with Crippen LogP contribution in [-0.4, -0.2) is 5.78 Å². The fraction of sp³-hybridized carbons (Fsp3) is 0.278. The first-order chi connectivity index (χ1) is 9.40. The average Bonchev–Trinajstić information content (AvgIpc) is 2.36. The van der Waals surface area contributed by atoms with Crippen molar-refractivity contribution in [1.29, 1.82) is 0 Å². The fourth-order valence-electron chi connectivity index (χ4n) is 2.56. The number of Topliss-reactive ketones (excluding diaryl/α,β-unsaturated/α-hetero) is 1. The Morgan fingerprint density at radius 1 is 1.00 bits per heavy atom. The molecule has 0 saturated heterocycles. The van der Waals surface area contributed by atoms with E-state index < -0.39 is 0 Å². The molecule has 0 atom stereocenters. The maximum absolute atomic E-state index is 12.7. The molecule has 20 heavy (non-hydrogen) atoms. The Morgan fingerprint density at radius 2 is 1.60 bits per heavy atom. The largest absolute Gasteiger partial charge is 0.294 e. The summed E-state index contributed by atoms with van der Waals surface area (Å²) in [6.07, 6.45) is 0.448. The molecule has 0 fully saturated rings. The SMILES string of the molecule is Cc1cc(C)c(C)c(C(=O)Cc2cccc(Br)c2)c1C. The lowest BCUT2D eigenvalue weighted by molar-refractivity contribution is 0.0991. The van der Waals surface area contributed by atoms with Crippen LogP contribution in [0.5, 0.6) is 0 Å². The standard InChI is InChI=1S/C18H19BrO/c1-11-8-12(2)14(4)18(13(11)3)17(20)10-15-6-5-7-16(19)9-15/h5-9H,10H2,1-4H3. The van der Waals surface area contributed by atoms with Crippen molar-refractivity contribution in [2.45, 2.75) is 34.1 Å². The van der Waals surface area contributed by atoms with Crippen LogP contribution in [0.2, 0.25) is 0 Å². The van der Waals surface area contributed by atoms with Crippen LogP contribution in [0.15, 0.2) is 34.8 Å². The van der Waals surface area contributed by atoms with Gasteiger partial charge in [0.1, 0.15) is 0 Å². The number of hydrogen-bond acceptors (Lipinski definition) is 1. The lowest BCUT2D eigenvalue weighted by Crippen LogP contribution is -2.10. The van der Waals surface area contributed by atoms with Gasteiger partial charge in [0.25, 0.3) is 0 Å². The summed E-state index contributed by atoms with van der Waals surface area (Å²) in [6.45, 7) is 8.21. The minimum absolute atomic E-state index is 0.199. The third kappa shape index (κ3) is 3.01. The van der Waals surface area contributed by atoms with E-state index >= 15 is 0 Å². The first-order valence-electron chi connectivity index (χ1n) is 6.75. The molecule has 0 saturated carbocycles. The molecule has 0 aliphatic rings. The zero-order chi connectivity index (χ0) is 14.9. The number of carbonyl (C=O) groups is 1. The van der Waals surface area contributed by atoms with Crippen molar-refractivity contribution >= 4 is 21.7 Å². The van der Waals surface area contributed by atoms with Crippen molar-refractivity contribution in [3.8, 4) is 0 Å². The summed E-state index contributed by atoms with van der Waals surface area (Å²) >= 11 is 3.45. The summed E-state index contributed by atoms with van der Waals surface area (Å²) in [5.74, 6) is 0.199. The minimum Gasteiger partial charge on any atom is -0.294 e. The summed E-state index contributed by atoms with van der Waals surface area (Å²) in [6, 6.07) is 10.1. The van der Waals surface area contributed by atoms with Gasteiger partial charge in [0.2, 0.25) is 0 Å². The number of aryl methyl sites for hydroxylation is 2. The number of ketones is 1. The van der Waals surface area contributed by atoms with Gasteiger partial charge in [-0.15, -0.1) is 0 Å². The fourth-order valence-corrected chi connectivity index (χ4v) is 3.00. The molecule has 0 aliphatic heterocycles. The third-order valence-electron chi connectivity index (χ3n) is 3.90. The second-order valence-corrected chi connectivity index (χ2v) is 6.28. The van der Waals surface area contributed by atoms with Gasteiger partial charge in [-0.25, -0.2) is 0 Å². The Labute approximate surface area is 129 Å². The Hall–Kier alpha value is -1.41. The van der Waals surface area contributed by atoms with Crippen LogP contribution in [0.3, 0.4) is 0 Å². The van der Waals surface area contributed by atoms with Gasteiger partial charge in [-0.05, 0) is 67.6 Å². The van der Waals surface area contributed by atoms with E-state index in [4.69, 9.17) is 0 Å². The predicted octanol–water partition coefficient (Wildman–Crippen LogP) is 5.11. The van der Waals surface area contributed by atoms with Crippen molar-refractivity contribution in [2.75, 3.05) is 0 Å². The first kappa shape index (κ1) is 15.0. The highest BCUT2D eigenvalue weighted by Gasteiger charge is 2.16. The van der Waals surface area contributed by atoms with Gasteiger partial charge in [0.05, 0.1) is 0 Å². The second kappa shape index (κ2) is 5.92. The quantitative estimate of drug-likeness (QED) is 0.715. The van der Waals surface area contributed by atoms with E-state index in [0.29, 0.717) is 6.42 Å². The van der Waals surface area contributed by atoms with Crippen molar-refractivity contribution in [3.63, 3.8) is 0 Å². The highest BCUT2D eigenvalue weighted by Crippen LogP contribution is 2.23. The van der Waals surface area contributed by atoms with Gasteiger partial charge in [-0.1, -0.05) is 34.1 Å². The Balaban J connectivity index is 2.39. The number of benzene rings is 2. The Morgan fingerprint density at radius 3 is 2.15 bits per heavy atom. The second-order valence-electron chi connectivity index (χ2n) is 5.37. The molecule has 0 spiro atoms. The molecule has 0 aliphatic carbocycles. The highest BCUT2D eigenvalue weighted by molar-refractivity contribution is 9.10. The molecule has 2 aromatic carbocycles. The summed E-state index contributed by atoms with van der Waals surface area (Å²) < 4.78 is 1.01. The molecule has 0 amide bonds. The molecular formula is C18H19BrO. The Bertz CT molecular complexity index is 645. The van der Waals surface area contributed by atoms with E-state index in [1.165, 1.54) is 11.1 Å². The highest BCUT2D eigenvalue weighted by atomic mass is 79.9. The number of hydrogen-bond donors (Lipinski definition) is 0. The van der Waals surface area contributed by atoms with Gasteiger partial charge >= 0.3 is 0 Å². The molecule has 2 aromatic rings. The van der Waals surface area contributed by atoms with E-state index in [0.717, 1.165) is 26.7 Å². The summed E-state index contributed by atoms with van der Waals surface area (Å²) in [7, 11) is 0. The number of rotatable bonds is 3. The van der Waals surface area contributed by atoms with Crippen LogP contribution < -0.4 is 0 Å². The molecule has 0 bridgehead atoms. The lowest BCUT2D eigenvalue weighted by Gasteiger charge is -2.14. The van der Waals surface area contributed by atoms with Gasteiger partial charge in [0, 0.05) is 16.5 Å². The predicted molar refractivity (Wildman–Crippen MR) is 87.6 cm³/mol. The zero-order valence-corrected chi connectivity index (χ0v) is 14.0. The topological polar surface area (TPSA) is 17.1 Å². The molecule has 0 aromatic heterocycles. The van der Waals surface area contributed by atoms with E-state index in [1.54, 1.807) is 0 Å². The zero-order valence-electron chi connectivity index (χ0n) is 12.4. The Kier molecular flexibility index (Phi) is 4.44. The van der Waals surface area contributed by atoms with Crippen LogP contribution in [0.25, 0.3) is 0 Å². The van der Waals surface area contributed by atoms with Gasteiger partial charge in [0.15, 0.2) is 5.78 Å². The van der Waals surface area contributed by atoms with Crippen LogP contribution in [0.1, 0.15) is 38.2 Å². The van der Waals surface area contributed by atoms with E-state index in [2.05, 4.69) is 35.8 Å². The van der Waals surface area contributed by atoms with E-state index in [1.807, 2.05) is 38.1 Å². The molecular weight excluding hydrogens is 312 g/mol. The van der Waals surface area contributed by atoms with Gasteiger partial charge in [-0.2, -0.15) is 0 Å². The number of halogens is 1. The molecule has 104 valence electrons. The summed E-state index contributed by atoms with van der Waals surface area (Å²) in [5.41, 5.74) is 6.52. The monoisotopic (exact) mass is 330 g/mol. The minimum atomic E-state index is 0.199. The van der Waals surface area contributed by atoms with Crippen LogP contribution in [0.4, 0.5) is 0 Å². The molecule has 0 N–H and O–H groups in total. The lowest BCUT2D eigenvalue weighted by atomic mass is 9.89. The van der Waals surface area contributed by atoms with Crippen LogP contribution in [-0.2, 0) is 6.42 Å². The summed E-state index contributed by atoms with van der Waals surface area (Å²) in [4.78, 5) is 12.7. The number of carbonyl (C=O) groups excluding carboxylic acids is 1. The molecule has 1 nitrogen and oxygen atoms in total. The summed E-state index contributed by atoms with van der Waals surface area (Å²) in [5, 5.41) is 0. The molecule has 0 heterocycles. The van der Waals surface area contributed by atoms with Gasteiger partial charge in [-0.3, -0.25) is 4.79 Å². The molecule has 0 unspecified atom stereocenters. The first-order valence-corrected chi connectivity index (χ1v) is 7.54. The smallest absolute Gasteiger partial charge is 0.167 e. The normalized spacial score (nSPS) is 10.7. The van der Waals surface area contributed by atoms with Crippen LogP contribution >= 0.6 is 15.9 Å².